The Balaban J connectivity index is 1.78. The SMILES string of the molecule is CCCc1ccc(OP(=S)(N[C@H](C)C(=O)OC(C)C)OC[C@H]2O[C@@H](Cn3cc(C)c(=O)[nH]c3=O)[C@](F)(Cl)[C@@H]2O)cc1. The fraction of sp³-hybridized carbons (Fsp3) is 0.577. The van der Waals surface area contributed by atoms with Crippen LogP contribution in [0.15, 0.2) is 40.1 Å². The number of aromatic nitrogens is 2. The van der Waals surface area contributed by atoms with Gasteiger partial charge in [0.2, 0.25) is 5.13 Å². The molecular weight excluding hydrogens is 600 g/mol. The monoisotopic (exact) mass is 635 g/mol. The van der Waals surface area contributed by atoms with E-state index >= 15 is 4.39 Å². The zero-order chi connectivity index (χ0) is 30.5. The Morgan fingerprint density at radius 3 is 2.59 bits per heavy atom. The van der Waals surface area contributed by atoms with E-state index in [0.29, 0.717) is 5.75 Å². The largest absolute Gasteiger partial charge is 0.462 e. The summed E-state index contributed by atoms with van der Waals surface area (Å²) in [4.78, 5) is 38.5. The summed E-state index contributed by atoms with van der Waals surface area (Å²) >= 11 is 11.7. The van der Waals surface area contributed by atoms with Crippen LogP contribution in [-0.2, 0) is 43.6 Å². The highest BCUT2D eigenvalue weighted by molar-refractivity contribution is 8.09. The average molecular weight is 636 g/mol. The maximum Gasteiger partial charge on any atom is 0.328 e. The Kier molecular flexibility index (Phi) is 11.3. The molecule has 0 bridgehead atoms. The minimum Gasteiger partial charge on any atom is -0.462 e. The maximum absolute atomic E-state index is 15.4. The van der Waals surface area contributed by atoms with Crippen molar-refractivity contribution in [3.63, 3.8) is 0 Å². The van der Waals surface area contributed by atoms with Gasteiger partial charge in [-0.25, -0.2) is 14.3 Å². The third kappa shape index (κ3) is 8.70. The molecule has 0 saturated carbocycles. The molecule has 2 aromatic rings. The van der Waals surface area contributed by atoms with Gasteiger partial charge in [-0.2, -0.15) is 0 Å². The van der Waals surface area contributed by atoms with Gasteiger partial charge in [-0.1, -0.05) is 37.1 Å². The minimum absolute atomic E-state index is 0.221. The second-order valence-corrected chi connectivity index (χ2v) is 13.8. The highest BCUT2D eigenvalue weighted by atomic mass is 35.5. The number of aliphatic hydroxyl groups excluding tert-OH is 1. The molecule has 11 nitrogen and oxygen atoms in total. The topological polar surface area (TPSA) is 141 Å². The Bertz CT molecular complexity index is 1370. The highest BCUT2D eigenvalue weighted by Gasteiger charge is 2.56. The molecule has 3 N–H and O–H groups in total. The Morgan fingerprint density at radius 2 is 1.98 bits per heavy atom. The summed E-state index contributed by atoms with van der Waals surface area (Å²) in [5.41, 5.74) is -0.0420. The lowest BCUT2D eigenvalue weighted by Crippen LogP contribution is -2.43. The molecule has 41 heavy (non-hydrogen) atoms. The van der Waals surface area contributed by atoms with Gasteiger partial charge in [0.15, 0.2) is 0 Å². The van der Waals surface area contributed by atoms with Crippen LogP contribution in [0.2, 0.25) is 0 Å². The fourth-order valence-electron chi connectivity index (χ4n) is 4.07. The van der Waals surface area contributed by atoms with Crippen molar-refractivity contribution in [2.75, 3.05) is 6.61 Å². The van der Waals surface area contributed by atoms with E-state index in [-0.39, 0.29) is 11.7 Å². The molecule has 1 aliphatic rings. The predicted octanol–water partition coefficient (Wildman–Crippen LogP) is 3.08. The fourth-order valence-corrected chi connectivity index (χ4v) is 6.75. The molecule has 1 unspecified atom stereocenters. The number of alkyl halides is 2. The number of carbonyl (C=O) groups excluding carboxylic acids is 1. The second kappa shape index (κ2) is 13.9. The Morgan fingerprint density at radius 1 is 1.32 bits per heavy atom. The minimum atomic E-state index is -3.52. The molecule has 15 heteroatoms. The van der Waals surface area contributed by atoms with Gasteiger partial charge in [-0.15, -0.1) is 0 Å². The van der Waals surface area contributed by atoms with Crippen molar-refractivity contribution in [3.8, 4) is 5.75 Å². The zero-order valence-corrected chi connectivity index (χ0v) is 25.9. The van der Waals surface area contributed by atoms with Crippen molar-refractivity contribution >= 4 is 36.0 Å². The van der Waals surface area contributed by atoms with Crippen LogP contribution in [0.5, 0.6) is 5.75 Å². The predicted molar refractivity (Wildman–Crippen MR) is 156 cm³/mol. The Labute approximate surface area is 247 Å². The number of nitrogens with zero attached hydrogens (tertiary/aromatic N) is 1. The number of aromatic amines is 1. The molecule has 228 valence electrons. The van der Waals surface area contributed by atoms with Crippen molar-refractivity contribution in [2.45, 2.75) is 89.6 Å². The standard InChI is InChI=1S/C26H36ClFN3O8PS/c1-6-7-18-8-10-19(11-9-18)39-40(41,30-17(5)24(34)37-15(2)3)36-14-20-22(32)26(27,28)21(38-20)13-31-12-16(4)23(33)29-25(31)35/h8-12,15,17,20-22,32H,6-7,13-14H2,1-5H3,(H,30,41)(H,29,33,35)/t17-,20-,21+,22-,26-,40?/m1/s1. The number of H-pyrrole nitrogens is 1. The number of esters is 1. The van der Waals surface area contributed by atoms with Crippen LogP contribution < -0.4 is 20.9 Å². The number of benzene rings is 1. The molecule has 0 amide bonds. The first-order valence-electron chi connectivity index (χ1n) is 13.2. The van der Waals surface area contributed by atoms with Crippen LogP contribution in [0.4, 0.5) is 4.39 Å². The van der Waals surface area contributed by atoms with E-state index < -0.39 is 66.5 Å². The molecule has 0 radical (unpaired) electrons. The number of nitrogens with one attached hydrogen (secondary N) is 2. The molecule has 1 aliphatic heterocycles. The normalized spacial score (nSPS) is 24.7. The van der Waals surface area contributed by atoms with Crippen LogP contribution in [0, 0.1) is 6.92 Å². The first-order chi connectivity index (χ1) is 19.1. The van der Waals surface area contributed by atoms with Crippen LogP contribution >= 0.6 is 18.2 Å². The molecular formula is C26H36ClFN3O8PS. The van der Waals surface area contributed by atoms with Gasteiger partial charge in [-0.3, -0.25) is 19.1 Å². The van der Waals surface area contributed by atoms with Crippen LogP contribution in [0.3, 0.4) is 0 Å². The summed E-state index contributed by atoms with van der Waals surface area (Å²) in [6, 6.07) is 6.29. The summed E-state index contributed by atoms with van der Waals surface area (Å²) in [5.74, 6) is -0.206. The van der Waals surface area contributed by atoms with E-state index in [1.807, 2.05) is 12.1 Å². The summed E-state index contributed by atoms with van der Waals surface area (Å²) < 4.78 is 39.3. The molecule has 1 aromatic carbocycles. The van der Waals surface area contributed by atoms with E-state index in [2.05, 4.69) is 17.0 Å². The van der Waals surface area contributed by atoms with Crippen molar-refractivity contribution in [1.82, 2.24) is 14.6 Å². The number of halogens is 2. The molecule has 1 fully saturated rings. The van der Waals surface area contributed by atoms with E-state index in [1.54, 1.807) is 26.0 Å². The average Bonchev–Trinajstić information content (AvgIpc) is 3.10. The van der Waals surface area contributed by atoms with E-state index in [1.165, 1.54) is 20.0 Å². The molecule has 0 spiro atoms. The van der Waals surface area contributed by atoms with Gasteiger partial charge in [0.1, 0.15) is 30.1 Å². The van der Waals surface area contributed by atoms with Crippen molar-refractivity contribution in [3.05, 3.63) is 62.4 Å². The quantitative estimate of drug-likeness (QED) is 0.171. The lowest BCUT2D eigenvalue weighted by atomic mass is 10.1. The molecule has 1 aromatic heterocycles. The van der Waals surface area contributed by atoms with E-state index in [0.717, 1.165) is 23.0 Å². The lowest BCUT2D eigenvalue weighted by Gasteiger charge is -2.28. The highest BCUT2D eigenvalue weighted by Crippen LogP contribution is 2.47. The molecule has 0 aliphatic carbocycles. The molecule has 6 atom stereocenters. The van der Waals surface area contributed by atoms with Gasteiger partial charge < -0.3 is 23.6 Å². The first kappa shape index (κ1) is 33.4. The third-order valence-corrected chi connectivity index (χ3v) is 9.19. The van der Waals surface area contributed by atoms with Crippen LogP contribution in [0.1, 0.15) is 45.2 Å². The van der Waals surface area contributed by atoms with Crippen molar-refractivity contribution < 1.29 is 32.8 Å². The first-order valence-corrected chi connectivity index (χ1v) is 16.2. The van der Waals surface area contributed by atoms with E-state index in [9.17, 15) is 19.5 Å². The van der Waals surface area contributed by atoms with Crippen LogP contribution in [0.25, 0.3) is 0 Å². The second-order valence-electron chi connectivity index (χ2n) is 10.1. The summed E-state index contributed by atoms with van der Waals surface area (Å²) in [6.45, 7) is 4.12. The smallest absolute Gasteiger partial charge is 0.328 e. The Hall–Kier alpha value is -2.12. The third-order valence-electron chi connectivity index (χ3n) is 6.22. The lowest BCUT2D eigenvalue weighted by molar-refractivity contribution is -0.149. The number of aliphatic hydroxyl groups is 1. The molecule has 2 heterocycles. The van der Waals surface area contributed by atoms with Crippen molar-refractivity contribution in [1.29, 1.82) is 0 Å². The molecule has 3 rings (SSSR count). The van der Waals surface area contributed by atoms with Gasteiger partial charge in [0.05, 0.1) is 19.3 Å². The summed E-state index contributed by atoms with van der Waals surface area (Å²) in [5, 5.41) is 10.7. The van der Waals surface area contributed by atoms with Crippen LogP contribution in [-0.4, -0.2) is 62.8 Å². The van der Waals surface area contributed by atoms with E-state index in [4.69, 9.17) is 41.9 Å². The summed E-state index contributed by atoms with van der Waals surface area (Å²) in [6.07, 6.45) is -1.92. The van der Waals surface area contributed by atoms with Gasteiger partial charge in [0.25, 0.3) is 5.56 Å². The summed E-state index contributed by atoms with van der Waals surface area (Å²) in [7, 11) is 0. The number of aryl methyl sites for hydroxylation is 2. The van der Waals surface area contributed by atoms with Crippen molar-refractivity contribution in [2.24, 2.45) is 0 Å². The van der Waals surface area contributed by atoms with Gasteiger partial charge >= 0.3 is 18.3 Å². The number of carbonyl (C=O) groups is 1. The maximum atomic E-state index is 15.4. The number of hydrogen-bond donors (Lipinski definition) is 3. The molecule has 1 saturated heterocycles. The zero-order valence-electron chi connectivity index (χ0n) is 23.5. The number of rotatable bonds is 13. The number of hydrogen-bond acceptors (Lipinski definition) is 9. The van der Waals surface area contributed by atoms with Gasteiger partial charge in [0, 0.05) is 11.8 Å². The van der Waals surface area contributed by atoms with Gasteiger partial charge in [-0.05, 0) is 63.6 Å². The number of ether oxygens (including phenoxy) is 2.